The van der Waals surface area contributed by atoms with Gasteiger partial charge in [0.25, 0.3) is 0 Å². The molecule has 0 radical (unpaired) electrons. The molecule has 3 nitrogen and oxygen atoms in total. The van der Waals surface area contributed by atoms with E-state index in [4.69, 9.17) is 9.47 Å². The van der Waals surface area contributed by atoms with E-state index in [0.717, 1.165) is 45.6 Å². The van der Waals surface area contributed by atoms with Crippen LogP contribution in [0.5, 0.6) is 0 Å². The maximum absolute atomic E-state index is 5.73. The van der Waals surface area contributed by atoms with Gasteiger partial charge in [-0.2, -0.15) is 0 Å². The van der Waals surface area contributed by atoms with E-state index in [1.54, 1.807) is 0 Å². The van der Waals surface area contributed by atoms with Gasteiger partial charge in [-0.05, 0) is 38.6 Å². The van der Waals surface area contributed by atoms with E-state index >= 15 is 0 Å². The maximum atomic E-state index is 5.73. The fourth-order valence-corrected chi connectivity index (χ4v) is 2.15. The number of hydrogen-bond donors (Lipinski definition) is 1. The summed E-state index contributed by atoms with van der Waals surface area (Å²) in [5, 5.41) is 3.61. The van der Waals surface area contributed by atoms with E-state index in [0.29, 0.717) is 18.1 Å². The van der Waals surface area contributed by atoms with Crippen LogP contribution in [0.3, 0.4) is 0 Å². The topological polar surface area (TPSA) is 30.5 Å². The van der Waals surface area contributed by atoms with Crippen molar-refractivity contribution in [3.8, 4) is 0 Å². The van der Waals surface area contributed by atoms with Crippen molar-refractivity contribution in [3.63, 3.8) is 0 Å². The smallest absolute Gasteiger partial charge is 0.0609 e. The normalized spacial score (nSPS) is 20.2. The Kier molecular flexibility index (Phi) is 7.01. The molecule has 0 aliphatic carbocycles. The molecule has 0 spiro atoms. The quantitative estimate of drug-likeness (QED) is 0.726. The van der Waals surface area contributed by atoms with Gasteiger partial charge in [0.05, 0.1) is 6.10 Å². The SMILES string of the molecule is CCOC(CCNC1CCOCC1)C(C)C. The lowest BCUT2D eigenvalue weighted by Gasteiger charge is -2.25. The van der Waals surface area contributed by atoms with Gasteiger partial charge in [0, 0.05) is 25.9 Å². The largest absolute Gasteiger partial charge is 0.381 e. The van der Waals surface area contributed by atoms with E-state index in [1.165, 1.54) is 0 Å². The molecule has 0 aromatic rings. The van der Waals surface area contributed by atoms with Crippen molar-refractivity contribution in [1.82, 2.24) is 5.32 Å². The number of rotatable bonds is 7. The van der Waals surface area contributed by atoms with Gasteiger partial charge in [-0.3, -0.25) is 0 Å². The first-order valence-corrected chi connectivity index (χ1v) is 6.66. The van der Waals surface area contributed by atoms with E-state index in [-0.39, 0.29) is 0 Å². The third-order valence-electron chi connectivity index (χ3n) is 3.21. The molecule has 96 valence electrons. The lowest BCUT2D eigenvalue weighted by Crippen LogP contribution is -2.37. The van der Waals surface area contributed by atoms with Crippen LogP contribution in [0.4, 0.5) is 0 Å². The average Bonchev–Trinajstić information content (AvgIpc) is 2.29. The fraction of sp³-hybridized carbons (Fsp3) is 1.00. The number of ether oxygens (including phenoxy) is 2. The second-order valence-electron chi connectivity index (χ2n) is 4.87. The molecule has 1 atom stereocenters. The third-order valence-corrected chi connectivity index (χ3v) is 3.21. The Hall–Kier alpha value is -0.120. The van der Waals surface area contributed by atoms with Gasteiger partial charge >= 0.3 is 0 Å². The molecule has 1 aliphatic rings. The molecule has 1 rings (SSSR count). The minimum Gasteiger partial charge on any atom is -0.381 e. The first-order valence-electron chi connectivity index (χ1n) is 6.66. The molecule has 1 fully saturated rings. The first kappa shape index (κ1) is 13.9. The second kappa shape index (κ2) is 8.04. The van der Waals surface area contributed by atoms with Gasteiger partial charge in [0.2, 0.25) is 0 Å². The van der Waals surface area contributed by atoms with E-state index in [9.17, 15) is 0 Å². The zero-order chi connectivity index (χ0) is 11.8. The molecule has 1 aliphatic heterocycles. The zero-order valence-corrected chi connectivity index (χ0v) is 11.0. The Morgan fingerprint density at radius 2 is 2.00 bits per heavy atom. The Labute approximate surface area is 99.9 Å². The summed E-state index contributed by atoms with van der Waals surface area (Å²) >= 11 is 0. The minimum absolute atomic E-state index is 0.400. The van der Waals surface area contributed by atoms with Crippen LogP contribution >= 0.6 is 0 Å². The fourth-order valence-electron chi connectivity index (χ4n) is 2.15. The molecule has 1 unspecified atom stereocenters. The highest BCUT2D eigenvalue weighted by Gasteiger charge is 2.16. The number of hydrogen-bond acceptors (Lipinski definition) is 3. The summed E-state index contributed by atoms with van der Waals surface area (Å²) in [7, 11) is 0. The summed E-state index contributed by atoms with van der Waals surface area (Å²) in [5.74, 6) is 0.608. The molecular weight excluding hydrogens is 202 g/mol. The van der Waals surface area contributed by atoms with Gasteiger partial charge in [-0.25, -0.2) is 0 Å². The lowest BCUT2D eigenvalue weighted by molar-refractivity contribution is 0.0229. The van der Waals surface area contributed by atoms with Crippen molar-refractivity contribution in [2.45, 2.75) is 52.2 Å². The van der Waals surface area contributed by atoms with Crippen LogP contribution in [0.25, 0.3) is 0 Å². The van der Waals surface area contributed by atoms with Crippen LogP contribution < -0.4 is 5.32 Å². The standard InChI is InChI=1S/C13H27NO2/c1-4-16-13(11(2)3)5-8-14-12-6-9-15-10-7-12/h11-14H,4-10H2,1-3H3. The number of nitrogens with one attached hydrogen (secondary N) is 1. The Balaban J connectivity index is 2.11. The molecule has 0 aromatic heterocycles. The Morgan fingerprint density at radius 1 is 1.31 bits per heavy atom. The first-order chi connectivity index (χ1) is 7.74. The summed E-state index contributed by atoms with van der Waals surface area (Å²) < 4.78 is 11.1. The van der Waals surface area contributed by atoms with Gasteiger partial charge in [-0.15, -0.1) is 0 Å². The molecule has 1 N–H and O–H groups in total. The van der Waals surface area contributed by atoms with E-state index in [2.05, 4.69) is 26.1 Å². The molecule has 0 bridgehead atoms. The van der Waals surface area contributed by atoms with Gasteiger partial charge in [0.1, 0.15) is 0 Å². The van der Waals surface area contributed by atoms with Crippen molar-refractivity contribution in [2.24, 2.45) is 5.92 Å². The highest BCUT2D eigenvalue weighted by atomic mass is 16.5. The van der Waals surface area contributed by atoms with Crippen LogP contribution in [0, 0.1) is 5.92 Å². The highest BCUT2D eigenvalue weighted by molar-refractivity contribution is 4.72. The van der Waals surface area contributed by atoms with Crippen molar-refractivity contribution in [2.75, 3.05) is 26.4 Å². The van der Waals surface area contributed by atoms with Gasteiger partial charge in [0.15, 0.2) is 0 Å². The Bertz CT molecular complexity index is 167. The molecule has 3 heteroatoms. The predicted octanol–water partition coefficient (Wildman–Crippen LogP) is 2.21. The molecule has 1 heterocycles. The Morgan fingerprint density at radius 3 is 2.56 bits per heavy atom. The van der Waals surface area contributed by atoms with Gasteiger partial charge in [-0.1, -0.05) is 13.8 Å². The summed E-state index contributed by atoms with van der Waals surface area (Å²) in [5.41, 5.74) is 0. The van der Waals surface area contributed by atoms with Crippen molar-refractivity contribution >= 4 is 0 Å². The molecule has 0 amide bonds. The van der Waals surface area contributed by atoms with Crippen LogP contribution in [-0.4, -0.2) is 38.5 Å². The van der Waals surface area contributed by atoms with Crippen LogP contribution in [-0.2, 0) is 9.47 Å². The lowest BCUT2D eigenvalue weighted by atomic mass is 10.0. The molecule has 0 aromatic carbocycles. The zero-order valence-electron chi connectivity index (χ0n) is 11.0. The van der Waals surface area contributed by atoms with Crippen molar-refractivity contribution in [1.29, 1.82) is 0 Å². The summed E-state index contributed by atoms with van der Waals surface area (Å²) in [6.45, 7) is 10.2. The van der Waals surface area contributed by atoms with Crippen molar-refractivity contribution < 1.29 is 9.47 Å². The molecule has 1 saturated heterocycles. The molecular formula is C13H27NO2. The summed E-state index contributed by atoms with van der Waals surface area (Å²) in [4.78, 5) is 0. The van der Waals surface area contributed by atoms with Gasteiger partial charge < -0.3 is 14.8 Å². The van der Waals surface area contributed by atoms with E-state index in [1.807, 2.05) is 0 Å². The minimum atomic E-state index is 0.400. The van der Waals surface area contributed by atoms with Crippen molar-refractivity contribution in [3.05, 3.63) is 0 Å². The predicted molar refractivity (Wildman–Crippen MR) is 66.7 cm³/mol. The summed E-state index contributed by atoms with van der Waals surface area (Å²) in [6, 6.07) is 0.656. The highest BCUT2D eigenvalue weighted by Crippen LogP contribution is 2.11. The third kappa shape index (κ3) is 5.28. The summed E-state index contributed by atoms with van der Waals surface area (Å²) in [6.07, 6.45) is 3.82. The van der Waals surface area contributed by atoms with E-state index < -0.39 is 0 Å². The maximum Gasteiger partial charge on any atom is 0.0609 e. The molecule has 0 saturated carbocycles. The van der Waals surface area contributed by atoms with Crippen LogP contribution in [0.15, 0.2) is 0 Å². The van der Waals surface area contributed by atoms with Crippen LogP contribution in [0.1, 0.15) is 40.0 Å². The van der Waals surface area contributed by atoms with Crippen LogP contribution in [0.2, 0.25) is 0 Å². The second-order valence-corrected chi connectivity index (χ2v) is 4.87. The average molecular weight is 229 g/mol. The monoisotopic (exact) mass is 229 g/mol. The molecule has 16 heavy (non-hydrogen) atoms.